The van der Waals surface area contributed by atoms with Crippen molar-refractivity contribution >= 4 is 33.4 Å². The molecule has 4 nitrogen and oxygen atoms in total. The Kier molecular flexibility index (Phi) is 4.71. The summed E-state index contributed by atoms with van der Waals surface area (Å²) < 4.78 is 0.929. The lowest BCUT2D eigenvalue weighted by Gasteiger charge is -2.39. The van der Waals surface area contributed by atoms with Crippen molar-refractivity contribution in [2.45, 2.75) is 19.9 Å². The first kappa shape index (κ1) is 16.7. The number of nitrogens with zero attached hydrogens (tertiary/aromatic N) is 2. The fourth-order valence-electron chi connectivity index (χ4n) is 2.99. The molecule has 0 N–H and O–H groups in total. The number of carbonyl (C=O) groups is 2. The highest BCUT2D eigenvalue weighted by molar-refractivity contribution is 9.10. The van der Waals surface area contributed by atoms with Gasteiger partial charge in [-0.25, -0.2) is 0 Å². The Balaban J connectivity index is 1.81. The van der Waals surface area contributed by atoms with Crippen molar-refractivity contribution in [1.29, 1.82) is 0 Å². The first-order chi connectivity index (χ1) is 11.5. The molecular formula is C19H19BrN2O2. The zero-order valence-electron chi connectivity index (χ0n) is 13.7. The highest BCUT2D eigenvalue weighted by atomic mass is 79.9. The largest absolute Gasteiger partial charge is 0.325 e. The van der Waals surface area contributed by atoms with Gasteiger partial charge in [-0.1, -0.05) is 39.7 Å². The summed E-state index contributed by atoms with van der Waals surface area (Å²) in [6.45, 7) is 4.76. The van der Waals surface area contributed by atoms with Crippen LogP contribution in [0.25, 0.3) is 0 Å². The number of aryl methyl sites for hydroxylation is 1. The molecule has 1 heterocycles. The van der Waals surface area contributed by atoms with E-state index < -0.39 is 6.04 Å². The van der Waals surface area contributed by atoms with Crippen LogP contribution in [0.5, 0.6) is 0 Å². The molecule has 1 aliphatic heterocycles. The lowest BCUT2D eigenvalue weighted by atomic mass is 10.1. The van der Waals surface area contributed by atoms with E-state index in [1.165, 1.54) is 0 Å². The van der Waals surface area contributed by atoms with Crippen LogP contribution in [0.15, 0.2) is 53.0 Å². The Morgan fingerprint density at radius 2 is 1.88 bits per heavy atom. The summed E-state index contributed by atoms with van der Waals surface area (Å²) in [7, 11) is 0. The summed E-state index contributed by atoms with van der Waals surface area (Å²) in [5.74, 6) is -0.145. The predicted molar refractivity (Wildman–Crippen MR) is 98.2 cm³/mol. The number of amides is 2. The molecule has 2 amide bonds. The van der Waals surface area contributed by atoms with Crippen molar-refractivity contribution in [2.75, 3.05) is 18.0 Å². The van der Waals surface area contributed by atoms with Crippen LogP contribution in [0.2, 0.25) is 0 Å². The summed E-state index contributed by atoms with van der Waals surface area (Å²) in [6.07, 6.45) is 0. The summed E-state index contributed by atoms with van der Waals surface area (Å²) in [4.78, 5) is 28.9. The maximum absolute atomic E-state index is 12.8. The third-order valence-corrected chi connectivity index (χ3v) is 4.79. The second-order valence-corrected chi connectivity index (χ2v) is 6.93. The highest BCUT2D eigenvalue weighted by Crippen LogP contribution is 2.24. The molecule has 0 radical (unpaired) electrons. The summed E-state index contributed by atoms with van der Waals surface area (Å²) in [5, 5.41) is 0. The van der Waals surface area contributed by atoms with E-state index in [1.54, 1.807) is 22.8 Å². The molecule has 5 heteroatoms. The van der Waals surface area contributed by atoms with Crippen LogP contribution in [0.1, 0.15) is 22.8 Å². The van der Waals surface area contributed by atoms with Crippen LogP contribution in [0.4, 0.5) is 5.69 Å². The van der Waals surface area contributed by atoms with E-state index >= 15 is 0 Å². The summed E-state index contributed by atoms with van der Waals surface area (Å²) in [6, 6.07) is 14.7. The van der Waals surface area contributed by atoms with Crippen LogP contribution < -0.4 is 4.90 Å². The van der Waals surface area contributed by atoms with Crippen LogP contribution in [0.3, 0.4) is 0 Å². The van der Waals surface area contributed by atoms with E-state index in [0.29, 0.717) is 18.7 Å². The average Bonchev–Trinajstić information content (AvgIpc) is 2.56. The van der Waals surface area contributed by atoms with Gasteiger partial charge in [-0.2, -0.15) is 0 Å². The van der Waals surface area contributed by atoms with E-state index in [4.69, 9.17) is 0 Å². The van der Waals surface area contributed by atoms with Gasteiger partial charge in [0.25, 0.3) is 5.91 Å². The number of benzene rings is 2. The number of hydrogen-bond acceptors (Lipinski definition) is 2. The Morgan fingerprint density at radius 3 is 2.58 bits per heavy atom. The molecule has 0 bridgehead atoms. The Bertz CT molecular complexity index is 790. The Labute approximate surface area is 150 Å². The van der Waals surface area contributed by atoms with Crippen LogP contribution in [0, 0.1) is 6.92 Å². The first-order valence-electron chi connectivity index (χ1n) is 7.92. The lowest BCUT2D eigenvalue weighted by Crippen LogP contribution is -2.57. The first-order valence-corrected chi connectivity index (χ1v) is 8.71. The van der Waals surface area contributed by atoms with Gasteiger partial charge in [-0.05, 0) is 44.2 Å². The smallest absolute Gasteiger partial charge is 0.254 e. The van der Waals surface area contributed by atoms with Crippen molar-refractivity contribution in [3.63, 3.8) is 0 Å². The molecule has 3 rings (SSSR count). The number of hydrogen-bond donors (Lipinski definition) is 0. The SMILES string of the molecule is Cc1cccc(C(=O)N2CCN(c3cccc(Br)c3)C(=O)[C@@H]2C)c1. The molecule has 1 atom stereocenters. The average molecular weight is 387 g/mol. The van der Waals surface area contributed by atoms with Crippen LogP contribution in [-0.4, -0.2) is 35.8 Å². The monoisotopic (exact) mass is 386 g/mol. The molecule has 0 aromatic heterocycles. The number of rotatable bonds is 2. The zero-order chi connectivity index (χ0) is 17.3. The van der Waals surface area contributed by atoms with Crippen molar-refractivity contribution in [1.82, 2.24) is 4.90 Å². The van der Waals surface area contributed by atoms with E-state index in [-0.39, 0.29) is 11.8 Å². The minimum absolute atomic E-state index is 0.0552. The Morgan fingerprint density at radius 1 is 1.12 bits per heavy atom. The van der Waals surface area contributed by atoms with Gasteiger partial charge in [-0.3, -0.25) is 9.59 Å². The van der Waals surface area contributed by atoms with Gasteiger partial charge >= 0.3 is 0 Å². The van der Waals surface area contributed by atoms with Gasteiger partial charge in [0.2, 0.25) is 5.91 Å². The minimum Gasteiger partial charge on any atom is -0.325 e. The van der Waals surface area contributed by atoms with Gasteiger partial charge in [0, 0.05) is 28.8 Å². The van der Waals surface area contributed by atoms with Crippen molar-refractivity contribution in [3.8, 4) is 0 Å². The minimum atomic E-state index is -0.481. The third-order valence-electron chi connectivity index (χ3n) is 4.30. The van der Waals surface area contributed by atoms with Crippen LogP contribution in [-0.2, 0) is 4.79 Å². The highest BCUT2D eigenvalue weighted by Gasteiger charge is 2.35. The molecule has 2 aromatic carbocycles. The number of carbonyl (C=O) groups excluding carboxylic acids is 2. The number of piperazine rings is 1. The molecular weight excluding hydrogens is 368 g/mol. The van der Waals surface area contributed by atoms with Crippen LogP contribution >= 0.6 is 15.9 Å². The fourth-order valence-corrected chi connectivity index (χ4v) is 3.38. The number of anilines is 1. The molecule has 124 valence electrons. The standard InChI is InChI=1S/C19H19BrN2O2/c1-13-5-3-6-15(11-13)19(24)21-9-10-22(18(23)14(21)2)17-8-4-7-16(20)12-17/h3-8,11-12,14H,9-10H2,1-2H3/t14-/m0/s1. The number of halogens is 1. The molecule has 0 unspecified atom stereocenters. The zero-order valence-corrected chi connectivity index (χ0v) is 15.3. The molecule has 0 aliphatic carbocycles. The predicted octanol–water partition coefficient (Wildman–Crippen LogP) is 3.64. The van der Waals surface area contributed by atoms with Crippen molar-refractivity contribution < 1.29 is 9.59 Å². The van der Waals surface area contributed by atoms with E-state index in [9.17, 15) is 9.59 Å². The summed E-state index contributed by atoms with van der Waals surface area (Å²) in [5.41, 5.74) is 2.52. The van der Waals surface area contributed by atoms with E-state index in [2.05, 4.69) is 15.9 Å². The van der Waals surface area contributed by atoms with Crippen molar-refractivity contribution in [3.05, 3.63) is 64.1 Å². The van der Waals surface area contributed by atoms with Gasteiger partial charge in [-0.15, -0.1) is 0 Å². The second kappa shape index (κ2) is 6.77. The third kappa shape index (κ3) is 3.22. The van der Waals surface area contributed by atoms with Gasteiger partial charge in [0.1, 0.15) is 6.04 Å². The molecule has 1 fully saturated rings. The van der Waals surface area contributed by atoms with Gasteiger partial charge in [0.05, 0.1) is 0 Å². The summed E-state index contributed by atoms with van der Waals surface area (Å²) >= 11 is 3.43. The van der Waals surface area contributed by atoms with Crippen molar-refractivity contribution in [2.24, 2.45) is 0 Å². The van der Waals surface area contributed by atoms with E-state index in [1.807, 2.05) is 49.4 Å². The molecule has 0 spiro atoms. The molecule has 1 saturated heterocycles. The maximum atomic E-state index is 12.8. The molecule has 1 aliphatic rings. The molecule has 2 aromatic rings. The maximum Gasteiger partial charge on any atom is 0.254 e. The molecule has 0 saturated carbocycles. The van der Waals surface area contributed by atoms with E-state index in [0.717, 1.165) is 15.7 Å². The van der Waals surface area contributed by atoms with Gasteiger partial charge in [0.15, 0.2) is 0 Å². The fraction of sp³-hybridized carbons (Fsp3) is 0.263. The quantitative estimate of drug-likeness (QED) is 0.790. The normalized spacial score (nSPS) is 18.0. The Hall–Kier alpha value is -2.14. The van der Waals surface area contributed by atoms with Gasteiger partial charge < -0.3 is 9.80 Å². The topological polar surface area (TPSA) is 40.6 Å². The molecule has 24 heavy (non-hydrogen) atoms. The lowest BCUT2D eigenvalue weighted by molar-refractivity contribution is -0.124. The second-order valence-electron chi connectivity index (χ2n) is 6.01.